The first-order chi connectivity index (χ1) is 16.6. The molecule has 0 fully saturated rings. The number of benzene rings is 3. The molecule has 172 valence electrons. The second-order valence-corrected chi connectivity index (χ2v) is 8.65. The van der Waals surface area contributed by atoms with Crippen LogP contribution in [0, 0.1) is 6.92 Å². The number of methoxy groups -OCH3 is 2. The van der Waals surface area contributed by atoms with Crippen LogP contribution in [0.3, 0.4) is 0 Å². The maximum atomic E-state index is 13.6. The molecule has 3 aromatic carbocycles. The van der Waals surface area contributed by atoms with Crippen LogP contribution in [0.25, 0.3) is 22.0 Å². The number of ether oxygens (including phenoxy) is 2. The lowest BCUT2D eigenvalue weighted by molar-refractivity contribution is -0.131. The molecule has 1 aliphatic rings. The number of fused-ring (bicyclic) bond motifs is 2. The lowest BCUT2D eigenvalue weighted by atomic mass is 9.92. The smallest absolute Gasteiger partial charge is 0.227 e. The zero-order valence-corrected chi connectivity index (χ0v) is 19.8. The molecule has 5 nitrogen and oxygen atoms in total. The average Bonchev–Trinajstić information content (AvgIpc) is 2.88. The van der Waals surface area contributed by atoms with Crippen LogP contribution in [0.4, 0.5) is 0 Å². The third kappa shape index (κ3) is 3.98. The summed E-state index contributed by atoms with van der Waals surface area (Å²) in [6, 6.07) is 22.5. The molecule has 0 aliphatic carbocycles. The van der Waals surface area contributed by atoms with Gasteiger partial charge in [-0.2, -0.15) is 0 Å². The van der Waals surface area contributed by atoms with Gasteiger partial charge in [0, 0.05) is 24.2 Å². The van der Waals surface area contributed by atoms with Crippen LogP contribution in [0.15, 0.2) is 66.7 Å². The predicted octanol–water partition coefficient (Wildman–Crippen LogP) is 5.35. The van der Waals surface area contributed by atoms with Crippen LogP contribution in [0.2, 0.25) is 0 Å². The first-order valence-corrected chi connectivity index (χ1v) is 11.5. The van der Waals surface area contributed by atoms with Crippen molar-refractivity contribution in [3.05, 3.63) is 89.1 Å². The Labute approximate surface area is 200 Å². The summed E-state index contributed by atoms with van der Waals surface area (Å²) < 4.78 is 10.9. The first kappa shape index (κ1) is 22.0. The van der Waals surface area contributed by atoms with Gasteiger partial charge in [-0.25, -0.2) is 0 Å². The number of rotatable bonds is 5. The summed E-state index contributed by atoms with van der Waals surface area (Å²) in [5.41, 5.74) is 7.35. The number of hydrogen-bond acceptors (Lipinski definition) is 4. The highest BCUT2D eigenvalue weighted by atomic mass is 16.5. The van der Waals surface area contributed by atoms with Crippen LogP contribution < -0.4 is 9.47 Å². The molecule has 5 heteroatoms. The number of pyridine rings is 1. The van der Waals surface area contributed by atoms with E-state index in [0.717, 1.165) is 51.0 Å². The van der Waals surface area contributed by atoms with Crippen molar-refractivity contribution in [2.24, 2.45) is 0 Å². The summed E-state index contributed by atoms with van der Waals surface area (Å²) >= 11 is 0. The largest absolute Gasteiger partial charge is 0.493 e. The Hall–Kier alpha value is -3.86. The number of hydrogen-bond donors (Lipinski definition) is 0. The second kappa shape index (κ2) is 9.18. The highest BCUT2D eigenvalue weighted by molar-refractivity contribution is 5.98. The van der Waals surface area contributed by atoms with Gasteiger partial charge in [0.25, 0.3) is 0 Å². The molecule has 34 heavy (non-hydrogen) atoms. The lowest BCUT2D eigenvalue weighted by Gasteiger charge is -2.30. The van der Waals surface area contributed by atoms with Crippen LogP contribution in [-0.4, -0.2) is 36.6 Å². The number of carbonyl (C=O) groups excluding carboxylic acids is 1. The number of aromatic nitrogens is 1. The molecule has 4 aromatic rings. The second-order valence-electron chi connectivity index (χ2n) is 8.65. The Morgan fingerprint density at radius 2 is 1.62 bits per heavy atom. The van der Waals surface area contributed by atoms with Gasteiger partial charge in [-0.15, -0.1) is 0 Å². The summed E-state index contributed by atoms with van der Waals surface area (Å²) in [5, 5.41) is 1.07. The maximum absolute atomic E-state index is 13.6. The van der Waals surface area contributed by atoms with E-state index in [4.69, 9.17) is 14.5 Å². The molecule has 1 amide bonds. The van der Waals surface area contributed by atoms with Gasteiger partial charge in [0.1, 0.15) is 0 Å². The third-order valence-corrected chi connectivity index (χ3v) is 6.66. The fraction of sp³-hybridized carbons (Fsp3) is 0.241. The SMILES string of the molecule is COc1cc2c(cc1OC)CN(C(=O)Cc1c(C)nc3ccccc3c1-c1ccccc1)CC2. The Kier molecular flexibility index (Phi) is 5.93. The molecular weight excluding hydrogens is 424 g/mol. The highest BCUT2D eigenvalue weighted by Gasteiger charge is 2.25. The lowest BCUT2D eigenvalue weighted by Crippen LogP contribution is -2.37. The fourth-order valence-corrected chi connectivity index (χ4v) is 4.88. The van der Waals surface area contributed by atoms with Gasteiger partial charge in [-0.05, 0) is 59.4 Å². The number of para-hydroxylation sites is 1. The van der Waals surface area contributed by atoms with E-state index in [1.807, 2.05) is 60.4 Å². The summed E-state index contributed by atoms with van der Waals surface area (Å²) in [4.78, 5) is 20.3. The number of nitrogens with zero attached hydrogens (tertiary/aromatic N) is 2. The first-order valence-electron chi connectivity index (χ1n) is 11.5. The van der Waals surface area contributed by atoms with Crippen molar-refractivity contribution in [1.29, 1.82) is 0 Å². The zero-order chi connectivity index (χ0) is 23.7. The topological polar surface area (TPSA) is 51.7 Å². The van der Waals surface area contributed by atoms with Gasteiger partial charge < -0.3 is 14.4 Å². The van der Waals surface area contributed by atoms with Crippen molar-refractivity contribution in [3.63, 3.8) is 0 Å². The van der Waals surface area contributed by atoms with Crippen molar-refractivity contribution in [2.45, 2.75) is 26.3 Å². The Bertz CT molecular complexity index is 1370. The van der Waals surface area contributed by atoms with Crippen LogP contribution >= 0.6 is 0 Å². The molecule has 0 N–H and O–H groups in total. The Balaban J connectivity index is 1.50. The minimum atomic E-state index is 0.109. The Morgan fingerprint density at radius 3 is 2.35 bits per heavy atom. The molecule has 0 atom stereocenters. The minimum Gasteiger partial charge on any atom is -0.493 e. The molecule has 0 spiro atoms. The van der Waals surface area contributed by atoms with E-state index in [9.17, 15) is 4.79 Å². The van der Waals surface area contributed by atoms with Crippen LogP contribution in [0.5, 0.6) is 11.5 Å². The van der Waals surface area contributed by atoms with Gasteiger partial charge in [-0.3, -0.25) is 9.78 Å². The molecule has 0 radical (unpaired) electrons. The van der Waals surface area contributed by atoms with Crippen molar-refractivity contribution in [3.8, 4) is 22.6 Å². The van der Waals surface area contributed by atoms with E-state index in [1.165, 1.54) is 5.56 Å². The number of aryl methyl sites for hydroxylation is 1. The van der Waals surface area contributed by atoms with E-state index in [1.54, 1.807) is 14.2 Å². The summed E-state index contributed by atoms with van der Waals surface area (Å²) in [6.45, 7) is 3.25. The van der Waals surface area contributed by atoms with Gasteiger partial charge in [-0.1, -0.05) is 48.5 Å². The summed E-state index contributed by atoms with van der Waals surface area (Å²) in [5.74, 6) is 1.53. The fourth-order valence-electron chi connectivity index (χ4n) is 4.88. The molecule has 0 saturated heterocycles. The van der Waals surface area contributed by atoms with Gasteiger partial charge in [0.15, 0.2) is 11.5 Å². The molecule has 0 bridgehead atoms. The van der Waals surface area contributed by atoms with Gasteiger partial charge in [0.2, 0.25) is 5.91 Å². The predicted molar refractivity (Wildman–Crippen MR) is 134 cm³/mol. The molecular formula is C29H28N2O3. The van der Waals surface area contributed by atoms with Crippen LogP contribution in [0.1, 0.15) is 22.4 Å². The minimum absolute atomic E-state index is 0.109. The van der Waals surface area contributed by atoms with Crippen LogP contribution in [-0.2, 0) is 24.2 Å². The highest BCUT2D eigenvalue weighted by Crippen LogP contribution is 2.35. The third-order valence-electron chi connectivity index (χ3n) is 6.66. The number of amides is 1. The average molecular weight is 453 g/mol. The van der Waals surface area contributed by atoms with Crippen molar-refractivity contribution >= 4 is 16.8 Å². The molecule has 2 heterocycles. The van der Waals surface area contributed by atoms with Crippen molar-refractivity contribution in [1.82, 2.24) is 9.88 Å². The van der Waals surface area contributed by atoms with E-state index in [-0.39, 0.29) is 5.91 Å². The normalized spacial score (nSPS) is 13.0. The van der Waals surface area contributed by atoms with E-state index < -0.39 is 0 Å². The molecule has 1 aromatic heterocycles. The van der Waals surface area contributed by atoms with Crippen molar-refractivity contribution in [2.75, 3.05) is 20.8 Å². The molecule has 1 aliphatic heterocycles. The molecule has 0 saturated carbocycles. The summed E-state index contributed by atoms with van der Waals surface area (Å²) in [6.07, 6.45) is 1.11. The van der Waals surface area contributed by atoms with Gasteiger partial charge in [0.05, 0.1) is 26.2 Å². The number of carbonyl (C=O) groups is 1. The quantitative estimate of drug-likeness (QED) is 0.409. The monoisotopic (exact) mass is 452 g/mol. The van der Waals surface area contributed by atoms with Crippen molar-refractivity contribution < 1.29 is 14.3 Å². The maximum Gasteiger partial charge on any atom is 0.227 e. The Morgan fingerprint density at radius 1 is 0.941 bits per heavy atom. The van der Waals surface area contributed by atoms with E-state index >= 15 is 0 Å². The van der Waals surface area contributed by atoms with Gasteiger partial charge >= 0.3 is 0 Å². The zero-order valence-electron chi connectivity index (χ0n) is 19.8. The standard InChI is InChI=1S/C29H28N2O3/c1-19-24(29(20-9-5-4-6-10-20)23-11-7-8-12-25(23)30-19)17-28(32)31-14-13-21-15-26(33-2)27(34-3)16-22(21)18-31/h4-12,15-16H,13-14,17-18H2,1-3H3. The summed E-state index contributed by atoms with van der Waals surface area (Å²) in [7, 11) is 3.28. The van der Waals surface area contributed by atoms with E-state index in [0.29, 0.717) is 25.3 Å². The molecule has 5 rings (SSSR count). The molecule has 0 unspecified atom stereocenters. The van der Waals surface area contributed by atoms with E-state index in [2.05, 4.69) is 18.2 Å².